The highest BCUT2D eigenvalue weighted by atomic mass is 32.2. The lowest BCUT2D eigenvalue weighted by Gasteiger charge is -2.27. The van der Waals surface area contributed by atoms with Crippen molar-refractivity contribution in [3.05, 3.63) is 29.8 Å². The lowest BCUT2D eigenvalue weighted by molar-refractivity contribution is 0.477. The molecule has 0 N–H and O–H groups in total. The van der Waals surface area contributed by atoms with E-state index in [0.29, 0.717) is 0 Å². The van der Waals surface area contributed by atoms with Crippen LogP contribution < -0.4 is 0 Å². The Kier molecular flexibility index (Phi) is 2.63. The fourth-order valence-corrected chi connectivity index (χ4v) is 3.21. The smallest absolute Gasteiger partial charge is 0.0107 e. The van der Waals surface area contributed by atoms with E-state index < -0.39 is 0 Å². The molecule has 13 heavy (non-hydrogen) atoms. The highest BCUT2D eigenvalue weighted by Crippen LogP contribution is 2.40. The first-order chi connectivity index (χ1) is 6.29. The Morgan fingerprint density at radius 3 is 2.85 bits per heavy atom. The molecule has 0 fully saturated rings. The van der Waals surface area contributed by atoms with E-state index in [1.165, 1.54) is 17.1 Å². The molecule has 1 aromatic carbocycles. The van der Waals surface area contributed by atoms with Crippen LogP contribution in [-0.4, -0.2) is 5.75 Å². The van der Waals surface area contributed by atoms with Crippen LogP contribution in [0.3, 0.4) is 0 Å². The number of rotatable bonds is 1. The van der Waals surface area contributed by atoms with E-state index in [1.54, 1.807) is 5.56 Å². The quantitative estimate of drug-likeness (QED) is 0.650. The van der Waals surface area contributed by atoms with E-state index in [-0.39, 0.29) is 0 Å². The summed E-state index contributed by atoms with van der Waals surface area (Å²) in [7, 11) is 0. The van der Waals surface area contributed by atoms with E-state index in [4.69, 9.17) is 0 Å². The summed E-state index contributed by atoms with van der Waals surface area (Å²) in [5.41, 5.74) is 1.58. The Hall–Kier alpha value is -0.430. The minimum absolute atomic E-state index is 0.780. The minimum atomic E-state index is 0.780. The van der Waals surface area contributed by atoms with Crippen LogP contribution in [-0.2, 0) is 0 Å². The molecule has 1 atom stereocenters. The zero-order chi connectivity index (χ0) is 9.26. The van der Waals surface area contributed by atoms with Crippen LogP contribution in [0.15, 0.2) is 29.2 Å². The van der Waals surface area contributed by atoms with Crippen LogP contribution in [0.2, 0.25) is 0 Å². The molecular weight excluding hydrogens is 176 g/mol. The fraction of sp³-hybridized carbons (Fsp3) is 0.500. The van der Waals surface area contributed by atoms with Crippen molar-refractivity contribution >= 4 is 11.8 Å². The van der Waals surface area contributed by atoms with E-state index in [9.17, 15) is 0 Å². The molecule has 1 heteroatoms. The molecule has 1 aliphatic rings. The summed E-state index contributed by atoms with van der Waals surface area (Å²) in [6.07, 6.45) is 1.35. The summed E-state index contributed by atoms with van der Waals surface area (Å²) in [6.45, 7) is 4.66. The molecule has 0 nitrogen and oxygen atoms in total. The average molecular weight is 192 g/mol. The van der Waals surface area contributed by atoms with Crippen molar-refractivity contribution in [3.8, 4) is 0 Å². The van der Waals surface area contributed by atoms with Gasteiger partial charge in [-0.1, -0.05) is 32.0 Å². The SMILES string of the molecule is CC(C)[C@H]1CCSc2ccccc21. The molecular formula is C12H16S. The van der Waals surface area contributed by atoms with Gasteiger partial charge in [0, 0.05) is 4.90 Å². The minimum Gasteiger partial charge on any atom is -0.126 e. The van der Waals surface area contributed by atoms with Crippen molar-refractivity contribution in [2.24, 2.45) is 5.92 Å². The van der Waals surface area contributed by atoms with E-state index in [2.05, 4.69) is 38.1 Å². The third-order valence-corrected chi connectivity index (χ3v) is 3.93. The van der Waals surface area contributed by atoms with Crippen molar-refractivity contribution < 1.29 is 0 Å². The predicted octanol–water partition coefficient (Wildman–Crippen LogP) is 3.92. The van der Waals surface area contributed by atoms with Gasteiger partial charge in [-0.3, -0.25) is 0 Å². The Balaban J connectivity index is 2.37. The zero-order valence-electron chi connectivity index (χ0n) is 8.29. The molecule has 0 aromatic heterocycles. The van der Waals surface area contributed by atoms with Gasteiger partial charge >= 0.3 is 0 Å². The fourth-order valence-electron chi connectivity index (χ4n) is 2.06. The molecule has 1 aliphatic heterocycles. The van der Waals surface area contributed by atoms with Gasteiger partial charge in [0.15, 0.2) is 0 Å². The Bertz CT molecular complexity index is 291. The molecule has 0 saturated carbocycles. The van der Waals surface area contributed by atoms with Gasteiger partial charge in [0.1, 0.15) is 0 Å². The van der Waals surface area contributed by atoms with Crippen LogP contribution in [0.4, 0.5) is 0 Å². The summed E-state index contributed by atoms with van der Waals surface area (Å²) in [4.78, 5) is 1.51. The van der Waals surface area contributed by atoms with Crippen LogP contribution in [0.5, 0.6) is 0 Å². The van der Waals surface area contributed by atoms with Gasteiger partial charge in [0.05, 0.1) is 0 Å². The second-order valence-electron chi connectivity index (χ2n) is 4.03. The number of thioether (sulfide) groups is 1. The van der Waals surface area contributed by atoms with Crippen molar-refractivity contribution in [1.29, 1.82) is 0 Å². The van der Waals surface area contributed by atoms with Gasteiger partial charge in [-0.2, -0.15) is 0 Å². The molecule has 0 radical (unpaired) electrons. The first kappa shape index (κ1) is 9.14. The lowest BCUT2D eigenvalue weighted by atomic mass is 9.86. The highest BCUT2D eigenvalue weighted by Gasteiger charge is 2.22. The topological polar surface area (TPSA) is 0 Å². The standard InChI is InChI=1S/C12H16S/c1-9(2)10-7-8-13-12-6-4-3-5-11(10)12/h3-6,9-10H,7-8H2,1-2H3/t10-/m1/s1. The van der Waals surface area contributed by atoms with Crippen LogP contribution in [0, 0.1) is 5.92 Å². The summed E-state index contributed by atoms with van der Waals surface area (Å²) < 4.78 is 0. The van der Waals surface area contributed by atoms with Gasteiger partial charge in [-0.25, -0.2) is 0 Å². The summed E-state index contributed by atoms with van der Waals surface area (Å²) in [5, 5.41) is 0. The predicted molar refractivity (Wildman–Crippen MR) is 59.4 cm³/mol. The zero-order valence-corrected chi connectivity index (χ0v) is 9.10. The Labute approximate surface area is 84.7 Å². The largest absolute Gasteiger partial charge is 0.126 e. The first-order valence-corrected chi connectivity index (χ1v) is 5.99. The third-order valence-electron chi connectivity index (χ3n) is 2.81. The third kappa shape index (κ3) is 1.76. The van der Waals surface area contributed by atoms with Crippen molar-refractivity contribution in [1.82, 2.24) is 0 Å². The maximum atomic E-state index is 2.33. The molecule has 0 saturated heterocycles. The first-order valence-electron chi connectivity index (χ1n) is 5.01. The monoisotopic (exact) mass is 192 g/mol. The number of fused-ring (bicyclic) bond motifs is 1. The highest BCUT2D eigenvalue weighted by molar-refractivity contribution is 7.99. The number of benzene rings is 1. The molecule has 0 aliphatic carbocycles. The molecule has 1 heterocycles. The van der Waals surface area contributed by atoms with Gasteiger partial charge < -0.3 is 0 Å². The van der Waals surface area contributed by atoms with E-state index >= 15 is 0 Å². The van der Waals surface area contributed by atoms with Gasteiger partial charge in [0.2, 0.25) is 0 Å². The maximum absolute atomic E-state index is 2.33. The van der Waals surface area contributed by atoms with Crippen molar-refractivity contribution in [2.45, 2.75) is 31.1 Å². The molecule has 70 valence electrons. The maximum Gasteiger partial charge on any atom is 0.0107 e. The van der Waals surface area contributed by atoms with Crippen LogP contribution in [0.25, 0.3) is 0 Å². The molecule has 0 bridgehead atoms. The molecule has 2 rings (SSSR count). The van der Waals surface area contributed by atoms with Crippen LogP contribution >= 0.6 is 11.8 Å². The summed E-state index contributed by atoms with van der Waals surface area (Å²) in [5.74, 6) is 2.86. The van der Waals surface area contributed by atoms with Gasteiger partial charge in [-0.05, 0) is 35.6 Å². The van der Waals surface area contributed by atoms with Crippen molar-refractivity contribution in [2.75, 3.05) is 5.75 Å². The van der Waals surface area contributed by atoms with Crippen molar-refractivity contribution in [3.63, 3.8) is 0 Å². The van der Waals surface area contributed by atoms with Crippen LogP contribution in [0.1, 0.15) is 31.7 Å². The molecule has 1 aromatic rings. The molecule has 0 unspecified atom stereocenters. The summed E-state index contributed by atoms with van der Waals surface area (Å²) in [6, 6.07) is 8.87. The second-order valence-corrected chi connectivity index (χ2v) is 5.16. The Morgan fingerprint density at radius 1 is 1.31 bits per heavy atom. The molecule has 0 spiro atoms. The van der Waals surface area contributed by atoms with Gasteiger partial charge in [-0.15, -0.1) is 11.8 Å². The Morgan fingerprint density at radius 2 is 2.08 bits per heavy atom. The van der Waals surface area contributed by atoms with Gasteiger partial charge in [0.25, 0.3) is 0 Å². The van der Waals surface area contributed by atoms with E-state index in [0.717, 1.165) is 11.8 Å². The molecule has 0 amide bonds. The second kappa shape index (κ2) is 3.75. The number of hydrogen-bond acceptors (Lipinski definition) is 1. The van der Waals surface area contributed by atoms with E-state index in [1.807, 2.05) is 11.8 Å². The average Bonchev–Trinajstić information content (AvgIpc) is 2.17. The normalized spacial score (nSPS) is 21.6. The lowest BCUT2D eigenvalue weighted by Crippen LogP contribution is -2.12. The number of hydrogen-bond donors (Lipinski definition) is 0. The summed E-state index contributed by atoms with van der Waals surface area (Å²) >= 11 is 2.01.